The van der Waals surface area contributed by atoms with Gasteiger partial charge in [-0.05, 0) is 19.3 Å². The normalized spacial score (nSPS) is 29.0. The molecule has 0 spiro atoms. The predicted molar refractivity (Wildman–Crippen MR) is 32.8 cm³/mol. The van der Waals surface area contributed by atoms with Crippen LogP contribution in [0.1, 0.15) is 19.3 Å². The quantitative estimate of drug-likeness (QED) is 0.470. The van der Waals surface area contributed by atoms with E-state index in [4.69, 9.17) is 10.5 Å². The molecule has 3 nitrogen and oxygen atoms in total. The Morgan fingerprint density at radius 2 is 2.33 bits per heavy atom. The summed E-state index contributed by atoms with van der Waals surface area (Å²) in [5.41, 5.74) is 5.40. The minimum absolute atomic E-state index is 0.243. The fraction of sp³-hybridized carbons (Fsp3) is 0.833. The highest BCUT2D eigenvalue weighted by atomic mass is 16.5. The van der Waals surface area contributed by atoms with Crippen molar-refractivity contribution in [1.82, 2.24) is 0 Å². The molecule has 1 heterocycles. The zero-order chi connectivity index (χ0) is 6.69. The van der Waals surface area contributed by atoms with Crippen LogP contribution in [0.15, 0.2) is 0 Å². The summed E-state index contributed by atoms with van der Waals surface area (Å²) in [6.45, 7) is 0.548. The molecule has 0 saturated carbocycles. The van der Waals surface area contributed by atoms with Crippen LogP contribution < -0.4 is 5.73 Å². The van der Waals surface area contributed by atoms with Gasteiger partial charge in [0, 0.05) is 0 Å². The maximum atomic E-state index is 10.7. The van der Waals surface area contributed by atoms with Gasteiger partial charge in [0.05, 0.1) is 6.61 Å². The first-order valence-corrected chi connectivity index (χ1v) is 3.23. The van der Waals surface area contributed by atoms with Crippen LogP contribution in [-0.2, 0) is 9.53 Å². The van der Waals surface area contributed by atoms with Gasteiger partial charge in [-0.3, -0.25) is 4.79 Å². The Morgan fingerprint density at radius 1 is 1.56 bits per heavy atom. The monoisotopic (exact) mass is 129 g/mol. The van der Waals surface area contributed by atoms with Crippen LogP contribution in [0.25, 0.3) is 0 Å². The summed E-state index contributed by atoms with van der Waals surface area (Å²) in [4.78, 5) is 10.7. The number of esters is 1. The lowest BCUT2D eigenvalue weighted by Gasteiger charge is -2.02. The van der Waals surface area contributed by atoms with Crippen molar-refractivity contribution in [2.75, 3.05) is 6.61 Å². The molecule has 1 unspecified atom stereocenters. The first kappa shape index (κ1) is 6.55. The van der Waals surface area contributed by atoms with Gasteiger partial charge in [0.15, 0.2) is 0 Å². The SMILES string of the molecule is NC1CCCCOC1=O. The molecule has 1 saturated heterocycles. The Hall–Kier alpha value is -0.570. The Bertz CT molecular complexity index is 114. The number of carbonyl (C=O) groups excluding carboxylic acids is 1. The molecule has 0 aromatic heterocycles. The molecule has 0 aromatic rings. The first-order valence-electron chi connectivity index (χ1n) is 3.23. The van der Waals surface area contributed by atoms with Crippen LogP contribution in [0.2, 0.25) is 0 Å². The molecule has 52 valence electrons. The zero-order valence-electron chi connectivity index (χ0n) is 5.30. The molecule has 1 rings (SSSR count). The van der Waals surface area contributed by atoms with Crippen molar-refractivity contribution in [1.29, 1.82) is 0 Å². The summed E-state index contributed by atoms with van der Waals surface area (Å²) < 4.78 is 4.75. The molecule has 2 N–H and O–H groups in total. The van der Waals surface area contributed by atoms with E-state index in [2.05, 4.69) is 0 Å². The predicted octanol–water partition coefficient (Wildman–Crippen LogP) is 0.0408. The summed E-state index contributed by atoms with van der Waals surface area (Å²) in [5, 5.41) is 0. The first-order chi connectivity index (χ1) is 4.30. The van der Waals surface area contributed by atoms with Crippen LogP contribution >= 0.6 is 0 Å². The highest BCUT2D eigenvalue weighted by Gasteiger charge is 2.16. The molecule has 0 aromatic carbocycles. The number of cyclic esters (lactones) is 1. The number of nitrogens with two attached hydrogens (primary N) is 1. The van der Waals surface area contributed by atoms with Crippen molar-refractivity contribution in [3.8, 4) is 0 Å². The molecule has 0 aliphatic carbocycles. The van der Waals surface area contributed by atoms with E-state index in [1.807, 2.05) is 0 Å². The minimum Gasteiger partial charge on any atom is -0.465 e. The number of rotatable bonds is 0. The second-order valence-corrected chi connectivity index (χ2v) is 2.27. The highest BCUT2D eigenvalue weighted by Crippen LogP contribution is 2.05. The molecule has 1 fully saturated rings. The zero-order valence-corrected chi connectivity index (χ0v) is 5.30. The van der Waals surface area contributed by atoms with Gasteiger partial charge in [-0.15, -0.1) is 0 Å². The molecule has 9 heavy (non-hydrogen) atoms. The van der Waals surface area contributed by atoms with E-state index < -0.39 is 0 Å². The Labute approximate surface area is 54.2 Å². The van der Waals surface area contributed by atoms with Crippen molar-refractivity contribution in [3.05, 3.63) is 0 Å². The third-order valence-electron chi connectivity index (χ3n) is 1.46. The van der Waals surface area contributed by atoms with Crippen LogP contribution in [0, 0.1) is 0 Å². The largest absolute Gasteiger partial charge is 0.465 e. The Kier molecular flexibility index (Phi) is 2.05. The van der Waals surface area contributed by atoms with Crippen molar-refractivity contribution >= 4 is 5.97 Å². The molecule has 1 aliphatic heterocycles. The van der Waals surface area contributed by atoms with Crippen molar-refractivity contribution < 1.29 is 9.53 Å². The van der Waals surface area contributed by atoms with Crippen molar-refractivity contribution in [2.24, 2.45) is 5.73 Å². The Balaban J connectivity index is 2.41. The standard InChI is InChI=1S/C6H11NO2/c7-5-3-1-2-4-9-6(5)8/h5H,1-4,7H2. The summed E-state index contributed by atoms with van der Waals surface area (Å²) in [6.07, 6.45) is 2.74. The lowest BCUT2D eigenvalue weighted by molar-refractivity contribution is -0.144. The van der Waals surface area contributed by atoms with E-state index in [9.17, 15) is 4.79 Å². The van der Waals surface area contributed by atoms with Crippen LogP contribution in [0.4, 0.5) is 0 Å². The van der Waals surface area contributed by atoms with E-state index in [-0.39, 0.29) is 12.0 Å². The second-order valence-electron chi connectivity index (χ2n) is 2.27. The minimum atomic E-state index is -0.368. The van der Waals surface area contributed by atoms with Gasteiger partial charge in [0.2, 0.25) is 0 Å². The van der Waals surface area contributed by atoms with Gasteiger partial charge < -0.3 is 10.5 Å². The van der Waals surface area contributed by atoms with Gasteiger partial charge in [0.25, 0.3) is 0 Å². The molecule has 3 heteroatoms. The topological polar surface area (TPSA) is 52.3 Å². The second kappa shape index (κ2) is 2.82. The van der Waals surface area contributed by atoms with Gasteiger partial charge in [0.1, 0.15) is 6.04 Å². The third kappa shape index (κ3) is 1.68. The summed E-state index contributed by atoms with van der Waals surface area (Å²) in [6, 6.07) is -0.368. The molecule has 0 radical (unpaired) electrons. The average molecular weight is 129 g/mol. The number of carbonyl (C=O) groups is 1. The summed E-state index contributed by atoms with van der Waals surface area (Å²) in [5.74, 6) is -0.243. The molecule has 1 aliphatic rings. The van der Waals surface area contributed by atoms with Gasteiger partial charge >= 0.3 is 5.97 Å². The van der Waals surface area contributed by atoms with E-state index in [1.165, 1.54) is 0 Å². The van der Waals surface area contributed by atoms with Gasteiger partial charge in [-0.25, -0.2) is 0 Å². The van der Waals surface area contributed by atoms with E-state index in [0.717, 1.165) is 19.3 Å². The van der Waals surface area contributed by atoms with E-state index in [0.29, 0.717) is 6.61 Å². The Morgan fingerprint density at radius 3 is 3.11 bits per heavy atom. The molecular weight excluding hydrogens is 118 g/mol. The smallest absolute Gasteiger partial charge is 0.322 e. The van der Waals surface area contributed by atoms with E-state index >= 15 is 0 Å². The van der Waals surface area contributed by atoms with Gasteiger partial charge in [-0.2, -0.15) is 0 Å². The summed E-state index contributed by atoms with van der Waals surface area (Å²) >= 11 is 0. The van der Waals surface area contributed by atoms with E-state index in [1.54, 1.807) is 0 Å². The molecule has 0 bridgehead atoms. The van der Waals surface area contributed by atoms with Gasteiger partial charge in [-0.1, -0.05) is 0 Å². The van der Waals surface area contributed by atoms with Crippen molar-refractivity contribution in [3.63, 3.8) is 0 Å². The molecule has 1 atom stereocenters. The third-order valence-corrected chi connectivity index (χ3v) is 1.46. The fourth-order valence-corrected chi connectivity index (χ4v) is 0.864. The highest BCUT2D eigenvalue weighted by molar-refractivity contribution is 5.75. The number of hydrogen-bond donors (Lipinski definition) is 1. The lowest BCUT2D eigenvalue weighted by atomic mass is 10.1. The van der Waals surface area contributed by atoms with Crippen LogP contribution in [-0.4, -0.2) is 18.6 Å². The van der Waals surface area contributed by atoms with Crippen LogP contribution in [0.3, 0.4) is 0 Å². The average Bonchev–Trinajstić information content (AvgIpc) is 1.99. The maximum Gasteiger partial charge on any atom is 0.322 e. The van der Waals surface area contributed by atoms with Crippen LogP contribution in [0.5, 0.6) is 0 Å². The lowest BCUT2D eigenvalue weighted by Crippen LogP contribution is -2.30. The molecular formula is C6H11NO2. The van der Waals surface area contributed by atoms with Crippen molar-refractivity contribution in [2.45, 2.75) is 25.3 Å². The summed E-state index contributed by atoms with van der Waals surface area (Å²) in [7, 11) is 0. The number of hydrogen-bond acceptors (Lipinski definition) is 3. The number of ether oxygens (including phenoxy) is 1. The molecule has 0 amide bonds. The maximum absolute atomic E-state index is 10.7. The fourth-order valence-electron chi connectivity index (χ4n) is 0.864.